The van der Waals surface area contributed by atoms with E-state index in [1.54, 1.807) is 17.5 Å². The number of amides is 2. The fourth-order valence-electron chi connectivity index (χ4n) is 3.51. The minimum absolute atomic E-state index is 0.0161. The van der Waals surface area contributed by atoms with E-state index in [4.69, 9.17) is 0 Å². The molecular weight excluding hydrogens is 450 g/mol. The topological polar surface area (TPSA) is 112 Å². The van der Waals surface area contributed by atoms with Crippen molar-refractivity contribution in [2.24, 2.45) is 5.92 Å². The summed E-state index contributed by atoms with van der Waals surface area (Å²) < 4.78 is 27.2. The molecule has 1 aliphatic heterocycles. The van der Waals surface area contributed by atoms with E-state index in [0.717, 1.165) is 32.5 Å². The zero-order chi connectivity index (χ0) is 22.7. The van der Waals surface area contributed by atoms with Crippen LogP contribution in [0.25, 0.3) is 0 Å². The molecule has 1 aromatic carbocycles. The van der Waals surface area contributed by atoms with Gasteiger partial charge < -0.3 is 15.5 Å². The maximum atomic E-state index is 12.9. The molecule has 2 aromatic rings. The molecule has 0 spiro atoms. The van der Waals surface area contributed by atoms with Gasteiger partial charge in [-0.15, -0.1) is 11.3 Å². The Morgan fingerprint density at radius 3 is 2.41 bits per heavy atom. The third-order valence-corrected chi connectivity index (χ3v) is 8.35. The third-order valence-electron chi connectivity index (χ3n) is 5.63. The molecule has 2 fully saturated rings. The first-order valence-electron chi connectivity index (χ1n) is 10.7. The molecule has 1 aliphatic carbocycles. The van der Waals surface area contributed by atoms with E-state index in [9.17, 15) is 18.0 Å². The van der Waals surface area contributed by atoms with Crippen LogP contribution in [0.1, 0.15) is 25.5 Å². The molecule has 1 saturated carbocycles. The highest BCUT2D eigenvalue weighted by Gasteiger charge is 2.30. The van der Waals surface area contributed by atoms with Crippen LogP contribution in [0.4, 0.5) is 10.8 Å². The number of nitrogens with zero attached hydrogens (tertiary/aromatic N) is 3. The van der Waals surface area contributed by atoms with Crippen molar-refractivity contribution in [3.63, 3.8) is 0 Å². The lowest BCUT2D eigenvalue weighted by atomic mass is 10.3. The lowest BCUT2D eigenvalue weighted by Gasteiger charge is -2.33. The number of sulfonamides is 1. The summed E-state index contributed by atoms with van der Waals surface area (Å²) >= 11 is 1.29. The molecule has 11 heteroatoms. The second-order valence-corrected chi connectivity index (χ2v) is 10.8. The summed E-state index contributed by atoms with van der Waals surface area (Å²) in [6.45, 7) is 5.40. The predicted molar refractivity (Wildman–Crippen MR) is 123 cm³/mol. The number of likely N-dealkylation sites (N-methyl/N-ethyl adjacent to an activating group) is 1. The van der Waals surface area contributed by atoms with E-state index >= 15 is 0 Å². The van der Waals surface area contributed by atoms with Crippen molar-refractivity contribution in [2.75, 3.05) is 43.4 Å². The van der Waals surface area contributed by atoms with Crippen LogP contribution in [-0.2, 0) is 26.0 Å². The molecule has 2 aliphatic rings. The summed E-state index contributed by atoms with van der Waals surface area (Å²) in [7, 11) is -3.55. The Morgan fingerprint density at radius 2 is 1.78 bits per heavy atom. The lowest BCUT2D eigenvalue weighted by molar-refractivity contribution is -0.117. The molecule has 32 heavy (non-hydrogen) atoms. The van der Waals surface area contributed by atoms with Crippen LogP contribution in [-0.4, -0.2) is 67.1 Å². The van der Waals surface area contributed by atoms with Crippen LogP contribution in [0.5, 0.6) is 0 Å². The molecule has 0 unspecified atom stereocenters. The summed E-state index contributed by atoms with van der Waals surface area (Å²) in [4.78, 5) is 30.9. The van der Waals surface area contributed by atoms with Crippen molar-refractivity contribution in [3.05, 3.63) is 35.3 Å². The van der Waals surface area contributed by atoms with E-state index in [1.807, 2.05) is 0 Å². The third kappa shape index (κ3) is 5.52. The van der Waals surface area contributed by atoms with E-state index in [-0.39, 0.29) is 29.0 Å². The van der Waals surface area contributed by atoms with Crippen molar-refractivity contribution < 1.29 is 18.0 Å². The van der Waals surface area contributed by atoms with Gasteiger partial charge >= 0.3 is 0 Å². The Hall–Kier alpha value is -2.34. The van der Waals surface area contributed by atoms with Crippen molar-refractivity contribution in [2.45, 2.75) is 31.1 Å². The number of aromatic nitrogens is 1. The average Bonchev–Trinajstić information content (AvgIpc) is 3.55. The van der Waals surface area contributed by atoms with Gasteiger partial charge in [0.05, 0.1) is 17.0 Å². The fourth-order valence-corrected chi connectivity index (χ4v) is 5.65. The molecule has 4 rings (SSSR count). The number of piperazine rings is 1. The van der Waals surface area contributed by atoms with Gasteiger partial charge in [0.1, 0.15) is 0 Å². The number of thiazole rings is 1. The Kier molecular flexibility index (Phi) is 6.89. The molecule has 9 nitrogen and oxygen atoms in total. The number of hydrogen-bond acceptors (Lipinski definition) is 7. The second kappa shape index (κ2) is 9.65. The molecule has 0 atom stereocenters. The summed E-state index contributed by atoms with van der Waals surface area (Å²) in [6, 6.07) is 6.22. The Labute approximate surface area is 191 Å². The summed E-state index contributed by atoms with van der Waals surface area (Å²) in [6.07, 6.45) is 1.90. The maximum Gasteiger partial charge on any atom is 0.243 e. The number of anilines is 2. The van der Waals surface area contributed by atoms with Gasteiger partial charge in [-0.3, -0.25) is 9.59 Å². The molecule has 2 heterocycles. The van der Waals surface area contributed by atoms with Gasteiger partial charge in [0.25, 0.3) is 0 Å². The highest BCUT2D eigenvalue weighted by Crippen LogP contribution is 2.30. The summed E-state index contributed by atoms with van der Waals surface area (Å²) in [5, 5.41) is 7.78. The average molecular weight is 478 g/mol. The van der Waals surface area contributed by atoms with Gasteiger partial charge in [0.15, 0.2) is 5.13 Å². The molecule has 1 aromatic heterocycles. The fraction of sp³-hybridized carbons (Fsp3) is 0.476. The van der Waals surface area contributed by atoms with E-state index < -0.39 is 10.0 Å². The highest BCUT2D eigenvalue weighted by atomic mass is 32.2. The van der Waals surface area contributed by atoms with Crippen molar-refractivity contribution in [3.8, 4) is 0 Å². The van der Waals surface area contributed by atoms with E-state index in [2.05, 4.69) is 27.4 Å². The first-order valence-corrected chi connectivity index (χ1v) is 13.0. The van der Waals surface area contributed by atoms with Gasteiger partial charge in [-0.05, 0) is 43.7 Å². The molecule has 1 saturated heterocycles. The first-order chi connectivity index (χ1) is 15.3. The molecular formula is C21H27N5O4S2. The normalized spacial score (nSPS) is 17.8. The number of benzene rings is 1. The van der Waals surface area contributed by atoms with Crippen LogP contribution < -0.4 is 10.6 Å². The minimum atomic E-state index is -3.55. The Morgan fingerprint density at radius 1 is 1.09 bits per heavy atom. The van der Waals surface area contributed by atoms with Crippen LogP contribution in [0.3, 0.4) is 0 Å². The number of carbonyl (C=O) groups is 2. The SMILES string of the molecule is CCN1CCN(S(=O)(=O)c2ccc(NC(=O)Cc3csc(NC(=O)C4CC4)n3)cc2)CC1. The minimum Gasteiger partial charge on any atom is -0.326 e. The van der Waals surface area contributed by atoms with Crippen LogP contribution in [0.2, 0.25) is 0 Å². The van der Waals surface area contributed by atoms with Crippen LogP contribution in [0.15, 0.2) is 34.5 Å². The van der Waals surface area contributed by atoms with Gasteiger partial charge in [-0.2, -0.15) is 4.31 Å². The smallest absolute Gasteiger partial charge is 0.243 e. The number of hydrogen-bond donors (Lipinski definition) is 2. The van der Waals surface area contributed by atoms with E-state index in [1.165, 1.54) is 27.8 Å². The number of carbonyl (C=O) groups excluding carboxylic acids is 2. The standard InChI is InChI=1S/C21H27N5O4S2/c1-2-25-9-11-26(12-10-25)32(29,30)18-7-5-16(6-8-18)22-19(27)13-17-14-31-21(23-17)24-20(28)15-3-4-15/h5-8,14-15H,2-4,9-13H2,1H3,(H,22,27)(H,23,24,28). The lowest BCUT2D eigenvalue weighted by Crippen LogP contribution is -2.48. The molecule has 172 valence electrons. The molecule has 2 amide bonds. The van der Waals surface area contributed by atoms with Gasteiger partial charge in [-0.1, -0.05) is 6.92 Å². The van der Waals surface area contributed by atoms with Crippen molar-refractivity contribution in [1.82, 2.24) is 14.2 Å². The summed E-state index contributed by atoms with van der Waals surface area (Å²) in [5.74, 6) is -0.183. The van der Waals surface area contributed by atoms with Crippen molar-refractivity contribution in [1.29, 1.82) is 0 Å². The monoisotopic (exact) mass is 477 g/mol. The zero-order valence-corrected chi connectivity index (χ0v) is 19.5. The van der Waals surface area contributed by atoms with Gasteiger partial charge in [0.2, 0.25) is 21.8 Å². The Bertz CT molecular complexity index is 1070. The largest absolute Gasteiger partial charge is 0.326 e. The van der Waals surface area contributed by atoms with Crippen LogP contribution >= 0.6 is 11.3 Å². The van der Waals surface area contributed by atoms with Gasteiger partial charge in [0, 0.05) is 43.2 Å². The molecule has 2 N–H and O–H groups in total. The maximum absolute atomic E-state index is 12.9. The Balaban J connectivity index is 1.31. The second-order valence-electron chi connectivity index (χ2n) is 8.00. The number of rotatable bonds is 8. The quantitative estimate of drug-likeness (QED) is 0.602. The zero-order valence-electron chi connectivity index (χ0n) is 17.9. The van der Waals surface area contributed by atoms with Gasteiger partial charge in [-0.25, -0.2) is 13.4 Å². The van der Waals surface area contributed by atoms with E-state index in [0.29, 0.717) is 29.6 Å². The van der Waals surface area contributed by atoms with Crippen LogP contribution in [0, 0.1) is 5.92 Å². The molecule has 0 radical (unpaired) electrons. The summed E-state index contributed by atoms with van der Waals surface area (Å²) in [5.41, 5.74) is 1.09. The first kappa shape index (κ1) is 22.8. The number of nitrogens with one attached hydrogen (secondary N) is 2. The molecule has 0 bridgehead atoms. The van der Waals surface area contributed by atoms with Crippen molar-refractivity contribution >= 4 is 44.0 Å². The highest BCUT2D eigenvalue weighted by molar-refractivity contribution is 7.89. The predicted octanol–water partition coefficient (Wildman–Crippen LogP) is 2.00.